The van der Waals surface area contributed by atoms with Crippen LogP contribution in [0, 0.1) is 33.3 Å². The average Bonchev–Trinajstić information content (AvgIpc) is 2.90. The molecule has 2 bridgehead atoms. The number of nitrogens with one attached hydrogen (secondary N) is 2. The van der Waals surface area contributed by atoms with E-state index in [0.717, 1.165) is 12.5 Å². The van der Waals surface area contributed by atoms with E-state index in [1.54, 1.807) is 12.1 Å². The van der Waals surface area contributed by atoms with Crippen molar-refractivity contribution in [2.45, 2.75) is 63.5 Å². The first-order valence-corrected chi connectivity index (χ1v) is 14.9. The van der Waals surface area contributed by atoms with Gasteiger partial charge in [0.1, 0.15) is 17.5 Å². The highest BCUT2D eigenvalue weighted by molar-refractivity contribution is 7.90. The zero-order chi connectivity index (χ0) is 27.9. The Morgan fingerprint density at radius 2 is 1.79 bits per heavy atom. The second kappa shape index (κ2) is 10.4. The standard InChI is InChI=1S/C28H35N3O7S/c1-17-23-14-19(28(23,2)3)15-26(17)38-21-6-4-18(5-7-21)27(32)30-39(35,36)22-8-9-24(25(16-22)31(33)34)29-20-10-12-37-13-11-20/h4-9,16-17,19-20,23,26,29H,10-15H2,1-3H3,(H,30,32)/t17-,19+,23+,26+/m0/s1. The second-order valence-corrected chi connectivity index (χ2v) is 13.2. The fourth-order valence-electron chi connectivity index (χ4n) is 6.37. The first kappa shape index (κ1) is 27.4. The fourth-order valence-corrected chi connectivity index (χ4v) is 7.36. The van der Waals surface area contributed by atoms with Gasteiger partial charge in [-0.3, -0.25) is 14.9 Å². The Bertz CT molecular complexity index is 1350. The summed E-state index contributed by atoms with van der Waals surface area (Å²) in [5.74, 6) is 1.53. The lowest BCUT2D eigenvalue weighted by Crippen LogP contribution is -2.57. The molecule has 1 aliphatic heterocycles. The van der Waals surface area contributed by atoms with Gasteiger partial charge in [-0.25, -0.2) is 13.1 Å². The monoisotopic (exact) mass is 557 g/mol. The van der Waals surface area contributed by atoms with Gasteiger partial charge < -0.3 is 14.8 Å². The van der Waals surface area contributed by atoms with E-state index < -0.39 is 20.9 Å². The molecule has 10 nitrogen and oxygen atoms in total. The van der Waals surface area contributed by atoms with E-state index in [9.17, 15) is 23.3 Å². The topological polar surface area (TPSA) is 137 Å². The van der Waals surface area contributed by atoms with Gasteiger partial charge in [0.15, 0.2) is 0 Å². The zero-order valence-electron chi connectivity index (χ0n) is 22.4. The summed E-state index contributed by atoms with van der Waals surface area (Å²) >= 11 is 0. The predicted molar refractivity (Wildman–Crippen MR) is 145 cm³/mol. The fraction of sp³-hybridized carbons (Fsp3) is 0.536. The number of amides is 1. The van der Waals surface area contributed by atoms with Crippen molar-refractivity contribution in [2.75, 3.05) is 18.5 Å². The smallest absolute Gasteiger partial charge is 0.293 e. The number of sulfonamides is 1. The van der Waals surface area contributed by atoms with E-state index >= 15 is 0 Å². The lowest BCUT2D eigenvalue weighted by Gasteiger charge is -2.61. The molecule has 3 saturated carbocycles. The summed E-state index contributed by atoms with van der Waals surface area (Å²) in [7, 11) is -4.35. The summed E-state index contributed by atoms with van der Waals surface area (Å²) in [6.07, 6.45) is 3.74. The van der Waals surface area contributed by atoms with Gasteiger partial charge in [0, 0.05) is 30.9 Å². The summed E-state index contributed by atoms with van der Waals surface area (Å²) in [4.78, 5) is 23.4. The number of fused-ring (bicyclic) bond motifs is 2. The number of anilines is 1. The van der Waals surface area contributed by atoms with Gasteiger partial charge in [-0.1, -0.05) is 20.8 Å². The number of ether oxygens (including phenoxy) is 2. The average molecular weight is 558 g/mol. The lowest BCUT2D eigenvalue weighted by atomic mass is 9.45. The highest BCUT2D eigenvalue weighted by Gasteiger charge is 2.57. The van der Waals surface area contributed by atoms with Crippen molar-refractivity contribution in [1.29, 1.82) is 0 Å². The molecule has 210 valence electrons. The predicted octanol–water partition coefficient (Wildman–Crippen LogP) is 4.75. The Balaban J connectivity index is 1.24. The minimum Gasteiger partial charge on any atom is -0.490 e. The van der Waals surface area contributed by atoms with Crippen molar-refractivity contribution in [3.05, 3.63) is 58.1 Å². The van der Waals surface area contributed by atoms with Crippen LogP contribution in [0.3, 0.4) is 0 Å². The van der Waals surface area contributed by atoms with Crippen molar-refractivity contribution in [2.24, 2.45) is 23.2 Å². The summed E-state index contributed by atoms with van der Waals surface area (Å²) < 4.78 is 39.4. The van der Waals surface area contributed by atoms with Crippen LogP contribution < -0.4 is 14.8 Å². The molecule has 39 heavy (non-hydrogen) atoms. The number of carbonyl (C=O) groups excluding carboxylic acids is 1. The molecule has 1 heterocycles. The quantitative estimate of drug-likeness (QED) is 0.350. The van der Waals surface area contributed by atoms with Crippen LogP contribution >= 0.6 is 0 Å². The molecule has 4 atom stereocenters. The van der Waals surface area contributed by atoms with Crippen LogP contribution in [0.25, 0.3) is 0 Å². The molecular weight excluding hydrogens is 522 g/mol. The van der Waals surface area contributed by atoms with Crippen molar-refractivity contribution < 1.29 is 27.6 Å². The number of nitro benzene ring substituents is 1. The largest absolute Gasteiger partial charge is 0.490 e. The van der Waals surface area contributed by atoms with E-state index in [0.29, 0.717) is 55.0 Å². The van der Waals surface area contributed by atoms with Gasteiger partial charge in [-0.15, -0.1) is 0 Å². The minimum atomic E-state index is -4.35. The Kier molecular flexibility index (Phi) is 7.32. The zero-order valence-corrected chi connectivity index (χ0v) is 23.2. The maximum atomic E-state index is 12.9. The minimum absolute atomic E-state index is 0.00887. The number of benzene rings is 2. The number of nitro groups is 1. The Morgan fingerprint density at radius 3 is 2.41 bits per heavy atom. The molecule has 6 rings (SSSR count). The van der Waals surface area contributed by atoms with Crippen LogP contribution in [0.4, 0.5) is 11.4 Å². The van der Waals surface area contributed by atoms with Crippen molar-refractivity contribution in [3.63, 3.8) is 0 Å². The highest BCUT2D eigenvalue weighted by atomic mass is 32.2. The van der Waals surface area contributed by atoms with Gasteiger partial charge >= 0.3 is 0 Å². The number of rotatable bonds is 8. The third-order valence-electron chi connectivity index (χ3n) is 8.97. The molecule has 2 aromatic rings. The van der Waals surface area contributed by atoms with E-state index in [-0.39, 0.29) is 34.0 Å². The Labute approximate surface area is 228 Å². The third kappa shape index (κ3) is 5.47. The van der Waals surface area contributed by atoms with Gasteiger partial charge in [0.05, 0.1) is 9.82 Å². The van der Waals surface area contributed by atoms with E-state index in [1.165, 1.54) is 30.7 Å². The molecule has 0 radical (unpaired) electrons. The second-order valence-electron chi connectivity index (χ2n) is 11.5. The molecule has 2 N–H and O–H groups in total. The summed E-state index contributed by atoms with van der Waals surface area (Å²) in [6, 6.07) is 9.93. The van der Waals surface area contributed by atoms with E-state index in [1.807, 2.05) is 4.72 Å². The van der Waals surface area contributed by atoms with Crippen LogP contribution in [0.1, 0.15) is 56.8 Å². The molecule has 11 heteroatoms. The Morgan fingerprint density at radius 1 is 1.10 bits per heavy atom. The molecule has 1 amide bonds. The summed E-state index contributed by atoms with van der Waals surface area (Å²) in [5.41, 5.74) is 0.338. The number of hydrogen-bond acceptors (Lipinski definition) is 8. The molecule has 4 aliphatic rings. The van der Waals surface area contributed by atoms with Gasteiger partial charge in [0.2, 0.25) is 0 Å². The van der Waals surface area contributed by atoms with Crippen LogP contribution in [-0.2, 0) is 14.8 Å². The first-order valence-electron chi connectivity index (χ1n) is 13.4. The van der Waals surface area contributed by atoms with Crippen LogP contribution in [0.5, 0.6) is 5.75 Å². The van der Waals surface area contributed by atoms with Gasteiger partial charge in [0.25, 0.3) is 21.6 Å². The molecule has 0 spiro atoms. The van der Waals surface area contributed by atoms with Crippen LogP contribution in [-0.4, -0.2) is 44.6 Å². The van der Waals surface area contributed by atoms with E-state index in [2.05, 4.69) is 26.1 Å². The Hall–Kier alpha value is -3.18. The number of carbonyl (C=O) groups is 1. The molecular formula is C28H35N3O7S. The normalized spacial score (nSPS) is 26.2. The van der Waals surface area contributed by atoms with Crippen molar-refractivity contribution in [1.82, 2.24) is 4.72 Å². The third-order valence-corrected chi connectivity index (χ3v) is 10.3. The highest BCUT2D eigenvalue weighted by Crippen LogP contribution is 2.61. The van der Waals surface area contributed by atoms with E-state index in [4.69, 9.17) is 9.47 Å². The SMILES string of the molecule is C[C@H]1[C@H]2C[C@H](C[C@H]1Oc1ccc(C(=O)NS(=O)(=O)c3ccc(NC4CCOCC4)c([N+](=O)[O-])c3)cc1)C2(C)C. The van der Waals surface area contributed by atoms with Crippen molar-refractivity contribution >= 4 is 27.3 Å². The summed E-state index contributed by atoms with van der Waals surface area (Å²) in [6.45, 7) is 8.00. The molecule has 0 unspecified atom stereocenters. The maximum absolute atomic E-state index is 12.9. The first-order chi connectivity index (χ1) is 18.5. The van der Waals surface area contributed by atoms with Gasteiger partial charge in [-0.05, 0) is 85.3 Å². The maximum Gasteiger partial charge on any atom is 0.293 e. The molecule has 0 aromatic heterocycles. The molecule has 4 fully saturated rings. The van der Waals surface area contributed by atoms with Crippen LogP contribution in [0.15, 0.2) is 47.4 Å². The summed E-state index contributed by atoms with van der Waals surface area (Å²) in [5, 5.41) is 14.8. The molecule has 3 aliphatic carbocycles. The number of nitrogens with zero attached hydrogens (tertiary/aromatic N) is 1. The molecule has 1 saturated heterocycles. The molecule has 2 aromatic carbocycles. The van der Waals surface area contributed by atoms with Crippen LogP contribution in [0.2, 0.25) is 0 Å². The van der Waals surface area contributed by atoms with Crippen molar-refractivity contribution in [3.8, 4) is 5.75 Å². The lowest BCUT2D eigenvalue weighted by molar-refractivity contribution is -0.384. The van der Waals surface area contributed by atoms with Gasteiger partial charge in [-0.2, -0.15) is 0 Å². The number of hydrogen-bond donors (Lipinski definition) is 2.